The van der Waals surface area contributed by atoms with Crippen molar-refractivity contribution >= 4 is 32.7 Å². The molecular formula is C22H17F5N6O4S. The third-order valence-electron chi connectivity index (χ3n) is 5.29. The van der Waals surface area contributed by atoms with Crippen molar-refractivity contribution in [2.75, 3.05) is 25.4 Å². The number of ketones is 1. The van der Waals surface area contributed by atoms with Crippen molar-refractivity contribution in [3.63, 3.8) is 0 Å². The van der Waals surface area contributed by atoms with Crippen molar-refractivity contribution in [1.29, 1.82) is 0 Å². The summed E-state index contributed by atoms with van der Waals surface area (Å²) in [5.74, 6) is -4.09. The van der Waals surface area contributed by atoms with E-state index in [2.05, 4.69) is 19.9 Å². The minimum absolute atomic E-state index is 0.104. The van der Waals surface area contributed by atoms with Crippen molar-refractivity contribution in [1.82, 2.24) is 24.2 Å². The average molecular weight is 556 g/mol. The fourth-order valence-corrected chi connectivity index (χ4v) is 4.36. The Balaban J connectivity index is 1.71. The van der Waals surface area contributed by atoms with Gasteiger partial charge in [-0.2, -0.15) is 25.9 Å². The second-order valence-electron chi connectivity index (χ2n) is 7.87. The molecule has 3 aromatic heterocycles. The lowest BCUT2D eigenvalue weighted by molar-refractivity contribution is -0.134. The molecule has 0 fully saturated rings. The van der Waals surface area contributed by atoms with Gasteiger partial charge in [0.2, 0.25) is 5.78 Å². The Hall–Kier alpha value is -4.18. The Kier molecular flexibility index (Phi) is 7.03. The van der Waals surface area contributed by atoms with E-state index in [1.165, 1.54) is 38.0 Å². The zero-order chi connectivity index (χ0) is 27.8. The molecule has 0 aliphatic carbocycles. The molecule has 3 heterocycles. The van der Waals surface area contributed by atoms with Crippen LogP contribution >= 0.6 is 0 Å². The predicted molar refractivity (Wildman–Crippen MR) is 125 cm³/mol. The smallest absolute Gasteiger partial charge is 0.402 e. The fraction of sp³-hybridized carbons (Fsp3) is 0.182. The van der Waals surface area contributed by atoms with Crippen molar-refractivity contribution < 1.29 is 39.9 Å². The largest absolute Gasteiger partial charge is 0.467 e. The number of carbonyl (C=O) groups excluding carboxylic acids is 1. The lowest BCUT2D eigenvalue weighted by Crippen LogP contribution is -2.39. The number of halogens is 5. The molecule has 200 valence electrons. The molecule has 4 aromatic rings. The Bertz CT molecular complexity index is 1620. The molecular weight excluding hydrogens is 539 g/mol. The summed E-state index contributed by atoms with van der Waals surface area (Å²) in [6.45, 7) is -1.86. The average Bonchev–Trinajstić information content (AvgIpc) is 3.28. The Morgan fingerprint density at radius 1 is 1.11 bits per heavy atom. The first-order valence-corrected chi connectivity index (χ1v) is 11.9. The van der Waals surface area contributed by atoms with Crippen LogP contribution in [0.15, 0.2) is 43.0 Å². The molecule has 0 saturated heterocycles. The molecule has 16 heteroatoms. The number of H-pyrrole nitrogens is 1. The number of ether oxygens (including phenoxy) is 1. The standard InChI is InChI=1S/C22H17F5N6O4S/c1-33(10-22(25,26)27)38(35,36)32-16-4-3-15(23)17(18(16)24)19(34)14-9-29-20-13(14)5-11(6-28-20)12-7-30-21(37-2)31-8-12/h3-9,32H,10H2,1-2H3,(H,28,29). The molecule has 0 bridgehead atoms. The summed E-state index contributed by atoms with van der Waals surface area (Å²) in [5, 5.41) is 0.179. The molecule has 1 aromatic carbocycles. The van der Waals surface area contributed by atoms with Gasteiger partial charge in [-0.1, -0.05) is 0 Å². The van der Waals surface area contributed by atoms with E-state index in [0.29, 0.717) is 30.3 Å². The normalized spacial score (nSPS) is 12.2. The Morgan fingerprint density at radius 3 is 2.39 bits per heavy atom. The molecule has 0 spiro atoms. The van der Waals surface area contributed by atoms with Crippen LogP contribution in [0.3, 0.4) is 0 Å². The maximum Gasteiger partial charge on any atom is 0.402 e. The number of alkyl halides is 3. The van der Waals surface area contributed by atoms with Crippen LogP contribution in [-0.2, 0) is 10.2 Å². The van der Waals surface area contributed by atoms with E-state index >= 15 is 4.39 Å². The third-order valence-corrected chi connectivity index (χ3v) is 6.72. The SMILES string of the molecule is COc1ncc(-c2cnc3[nH]cc(C(=O)c4c(F)ccc(NS(=O)(=O)N(C)CC(F)(F)F)c4F)c3c2)cn1. The molecule has 0 amide bonds. The quantitative estimate of drug-likeness (QED) is 0.250. The van der Waals surface area contributed by atoms with Crippen molar-refractivity contribution in [3.05, 3.63) is 65.7 Å². The van der Waals surface area contributed by atoms with Gasteiger partial charge in [-0.05, 0) is 18.2 Å². The summed E-state index contributed by atoms with van der Waals surface area (Å²) in [6, 6.07) is 2.89. The van der Waals surface area contributed by atoms with Crippen molar-refractivity contribution in [2.45, 2.75) is 6.18 Å². The molecule has 0 saturated carbocycles. The highest BCUT2D eigenvalue weighted by molar-refractivity contribution is 7.90. The van der Waals surface area contributed by atoms with Gasteiger partial charge in [0.15, 0.2) is 5.82 Å². The number of aromatic amines is 1. The van der Waals surface area contributed by atoms with E-state index in [-0.39, 0.29) is 26.9 Å². The predicted octanol–water partition coefficient (Wildman–Crippen LogP) is 3.69. The van der Waals surface area contributed by atoms with E-state index in [9.17, 15) is 30.8 Å². The van der Waals surface area contributed by atoms with Crippen LogP contribution in [0.2, 0.25) is 0 Å². The number of anilines is 1. The summed E-state index contributed by atoms with van der Waals surface area (Å²) in [7, 11) is -2.89. The number of fused-ring (bicyclic) bond motifs is 1. The first-order chi connectivity index (χ1) is 17.8. The van der Waals surface area contributed by atoms with Crippen LogP contribution in [-0.4, -0.2) is 65.3 Å². The van der Waals surface area contributed by atoms with E-state index in [4.69, 9.17) is 4.74 Å². The van der Waals surface area contributed by atoms with Crippen molar-refractivity contribution in [2.24, 2.45) is 0 Å². The highest BCUT2D eigenvalue weighted by Crippen LogP contribution is 2.30. The van der Waals surface area contributed by atoms with Crippen LogP contribution in [0.4, 0.5) is 27.6 Å². The zero-order valence-corrected chi connectivity index (χ0v) is 20.3. The molecule has 0 unspecified atom stereocenters. The lowest BCUT2D eigenvalue weighted by atomic mass is 10.0. The van der Waals surface area contributed by atoms with E-state index in [1.54, 1.807) is 4.72 Å². The summed E-state index contributed by atoms with van der Waals surface area (Å²) in [6.07, 6.45) is 0.626. The van der Waals surface area contributed by atoms with Gasteiger partial charge in [0.1, 0.15) is 18.0 Å². The molecule has 4 rings (SSSR count). The second kappa shape index (κ2) is 9.94. The summed E-state index contributed by atoms with van der Waals surface area (Å²) < 4.78 is 98.6. The van der Waals surface area contributed by atoms with Crippen LogP contribution in [0.5, 0.6) is 6.01 Å². The lowest BCUT2D eigenvalue weighted by Gasteiger charge is -2.20. The van der Waals surface area contributed by atoms with Gasteiger partial charge in [-0.25, -0.2) is 23.7 Å². The van der Waals surface area contributed by atoms with Gasteiger partial charge < -0.3 is 9.72 Å². The summed E-state index contributed by atoms with van der Waals surface area (Å²) >= 11 is 0. The van der Waals surface area contributed by atoms with Gasteiger partial charge in [0, 0.05) is 53.9 Å². The van der Waals surface area contributed by atoms with Gasteiger partial charge in [-0.15, -0.1) is 0 Å². The maximum absolute atomic E-state index is 15.2. The number of hydrogen-bond donors (Lipinski definition) is 2. The molecule has 0 aliphatic rings. The number of rotatable bonds is 8. The zero-order valence-electron chi connectivity index (χ0n) is 19.5. The molecule has 38 heavy (non-hydrogen) atoms. The topological polar surface area (TPSA) is 130 Å². The molecule has 0 aliphatic heterocycles. The van der Waals surface area contributed by atoms with Gasteiger partial charge in [0.05, 0.1) is 18.4 Å². The first-order valence-electron chi connectivity index (χ1n) is 10.5. The fourth-order valence-electron chi connectivity index (χ4n) is 3.45. The molecule has 0 atom stereocenters. The van der Waals surface area contributed by atoms with E-state index in [0.717, 1.165) is 0 Å². The molecule has 2 N–H and O–H groups in total. The second-order valence-corrected chi connectivity index (χ2v) is 9.65. The van der Waals surface area contributed by atoms with Crippen LogP contribution in [0, 0.1) is 11.6 Å². The third kappa shape index (κ3) is 5.40. The Labute approximate surface area is 211 Å². The van der Waals surface area contributed by atoms with Crippen LogP contribution < -0.4 is 9.46 Å². The highest BCUT2D eigenvalue weighted by atomic mass is 32.2. The Morgan fingerprint density at radius 2 is 1.76 bits per heavy atom. The first kappa shape index (κ1) is 26.9. The van der Waals surface area contributed by atoms with Crippen LogP contribution in [0.25, 0.3) is 22.2 Å². The number of aromatic nitrogens is 4. The number of pyridine rings is 1. The number of hydrogen-bond acceptors (Lipinski definition) is 7. The number of benzene rings is 1. The summed E-state index contributed by atoms with van der Waals surface area (Å²) in [5.41, 5.74) is -1.07. The maximum atomic E-state index is 15.2. The molecule has 0 radical (unpaired) electrons. The van der Waals surface area contributed by atoms with Gasteiger partial charge >= 0.3 is 22.4 Å². The number of carbonyl (C=O) groups is 1. The highest BCUT2D eigenvalue weighted by Gasteiger charge is 2.35. The molecule has 10 nitrogen and oxygen atoms in total. The number of nitrogens with one attached hydrogen (secondary N) is 2. The minimum atomic E-state index is -4.90. The van der Waals surface area contributed by atoms with Crippen molar-refractivity contribution in [3.8, 4) is 17.1 Å². The van der Waals surface area contributed by atoms with Crippen LogP contribution in [0.1, 0.15) is 15.9 Å². The minimum Gasteiger partial charge on any atom is -0.467 e. The van der Waals surface area contributed by atoms with Gasteiger partial charge in [-0.3, -0.25) is 9.52 Å². The number of nitrogens with zero attached hydrogens (tertiary/aromatic N) is 4. The van der Waals surface area contributed by atoms with Gasteiger partial charge in [0.25, 0.3) is 0 Å². The number of methoxy groups -OCH3 is 1. The van der Waals surface area contributed by atoms with E-state index < -0.39 is 51.6 Å². The monoisotopic (exact) mass is 556 g/mol. The van der Waals surface area contributed by atoms with E-state index in [1.807, 2.05) is 0 Å². The summed E-state index contributed by atoms with van der Waals surface area (Å²) in [4.78, 5) is 28.1.